The molecule has 2 aromatic rings. The van der Waals surface area contributed by atoms with Gasteiger partial charge in [0.2, 0.25) is 0 Å². The van der Waals surface area contributed by atoms with E-state index < -0.39 is 16.0 Å². The summed E-state index contributed by atoms with van der Waals surface area (Å²) in [6, 6.07) is 9.06. The predicted octanol–water partition coefficient (Wildman–Crippen LogP) is 3.08. The number of fused-ring (bicyclic) bond motifs is 1. The molecule has 0 fully saturated rings. The molecule has 1 heterocycles. The Hall–Kier alpha value is -2.74. The Kier molecular flexibility index (Phi) is 4.78. The van der Waals surface area contributed by atoms with Crippen molar-refractivity contribution in [1.29, 1.82) is 0 Å². The van der Waals surface area contributed by atoms with Crippen LogP contribution in [0.3, 0.4) is 0 Å². The Bertz CT molecular complexity index is 935. The number of carbonyl (C=O) groups is 1. The lowest BCUT2D eigenvalue weighted by atomic mass is 10.0. The highest BCUT2D eigenvalue weighted by Gasteiger charge is 2.23. The molecule has 138 valence electrons. The van der Waals surface area contributed by atoms with Crippen LogP contribution in [0.15, 0.2) is 41.3 Å². The molecule has 1 aliphatic rings. The first-order chi connectivity index (χ1) is 12.3. The van der Waals surface area contributed by atoms with Crippen molar-refractivity contribution in [3.05, 3.63) is 47.5 Å². The molecular weight excluding hydrogens is 358 g/mol. The summed E-state index contributed by atoms with van der Waals surface area (Å²) in [6.07, 6.45) is 0. The summed E-state index contributed by atoms with van der Waals surface area (Å²) in [7, 11) is -3.95. The van der Waals surface area contributed by atoms with Crippen molar-refractivity contribution in [3.63, 3.8) is 0 Å². The van der Waals surface area contributed by atoms with Gasteiger partial charge in [0.25, 0.3) is 10.0 Å². The minimum absolute atomic E-state index is 0.0492. The first-order valence-corrected chi connectivity index (χ1v) is 9.56. The fraction of sp³-hybridized carbons (Fsp3) is 0.278. The van der Waals surface area contributed by atoms with Crippen LogP contribution in [0.2, 0.25) is 0 Å². The molecule has 1 aliphatic heterocycles. The first-order valence-electron chi connectivity index (χ1n) is 8.07. The standard InChI is InChI=1S/C18H19NO6S/c1-11(2)12-3-5-13(6-4-12)26(22,23)19-15-10-17-16(24-7-8-25-17)9-14(15)18(20)21/h3-6,9-11,19H,7-8H2,1-2H3,(H,20,21). The van der Waals surface area contributed by atoms with Gasteiger partial charge in [0.15, 0.2) is 11.5 Å². The number of nitrogens with one attached hydrogen (secondary N) is 1. The molecule has 0 aromatic heterocycles. The summed E-state index contributed by atoms with van der Waals surface area (Å²) in [5.74, 6) is -0.419. The summed E-state index contributed by atoms with van der Waals surface area (Å²) < 4.78 is 38.4. The molecule has 7 nitrogen and oxygen atoms in total. The lowest BCUT2D eigenvalue weighted by molar-refractivity contribution is 0.0697. The molecule has 8 heteroatoms. The topological polar surface area (TPSA) is 102 Å². The lowest BCUT2D eigenvalue weighted by Gasteiger charge is -2.20. The SMILES string of the molecule is CC(C)c1ccc(S(=O)(=O)Nc2cc3c(cc2C(=O)O)OCCO3)cc1. The van der Waals surface area contributed by atoms with Gasteiger partial charge in [-0.15, -0.1) is 0 Å². The van der Waals surface area contributed by atoms with Gasteiger partial charge in [-0.05, 0) is 23.6 Å². The third-order valence-corrected chi connectivity index (χ3v) is 5.40. The molecular formula is C18H19NO6S. The Morgan fingerprint density at radius 3 is 2.19 bits per heavy atom. The van der Waals surface area contributed by atoms with E-state index in [1.807, 2.05) is 13.8 Å². The van der Waals surface area contributed by atoms with Gasteiger partial charge in [-0.25, -0.2) is 13.2 Å². The Morgan fingerprint density at radius 1 is 1.08 bits per heavy atom. The Balaban J connectivity index is 1.97. The van der Waals surface area contributed by atoms with Gasteiger partial charge >= 0.3 is 5.97 Å². The maximum Gasteiger partial charge on any atom is 0.337 e. The second-order valence-electron chi connectivity index (χ2n) is 6.18. The van der Waals surface area contributed by atoms with E-state index in [0.29, 0.717) is 19.0 Å². The number of hydrogen-bond acceptors (Lipinski definition) is 5. The molecule has 0 unspecified atom stereocenters. The van der Waals surface area contributed by atoms with E-state index in [0.717, 1.165) is 5.56 Å². The van der Waals surface area contributed by atoms with Crippen LogP contribution in [0.4, 0.5) is 5.69 Å². The zero-order valence-electron chi connectivity index (χ0n) is 14.4. The second-order valence-corrected chi connectivity index (χ2v) is 7.86. The zero-order chi connectivity index (χ0) is 18.9. The van der Waals surface area contributed by atoms with Crippen molar-refractivity contribution < 1.29 is 27.8 Å². The van der Waals surface area contributed by atoms with Crippen LogP contribution in [-0.2, 0) is 10.0 Å². The molecule has 0 radical (unpaired) electrons. The van der Waals surface area contributed by atoms with Crippen LogP contribution in [0.5, 0.6) is 11.5 Å². The monoisotopic (exact) mass is 377 g/mol. The molecule has 0 saturated heterocycles. The Labute approximate surface area is 151 Å². The van der Waals surface area contributed by atoms with Gasteiger partial charge in [-0.1, -0.05) is 26.0 Å². The molecule has 0 spiro atoms. The van der Waals surface area contributed by atoms with Gasteiger partial charge in [-0.3, -0.25) is 4.72 Å². The van der Waals surface area contributed by atoms with Crippen LogP contribution >= 0.6 is 0 Å². The number of aromatic carboxylic acids is 1. The number of rotatable bonds is 5. The molecule has 0 amide bonds. The number of carboxylic acid groups (broad SMARTS) is 1. The largest absolute Gasteiger partial charge is 0.486 e. The fourth-order valence-corrected chi connectivity index (χ4v) is 3.66. The summed E-state index contributed by atoms with van der Waals surface area (Å²) in [5.41, 5.74) is 0.723. The van der Waals surface area contributed by atoms with Crippen molar-refractivity contribution in [3.8, 4) is 11.5 Å². The van der Waals surface area contributed by atoms with Gasteiger partial charge < -0.3 is 14.6 Å². The van der Waals surface area contributed by atoms with Crippen molar-refractivity contribution in [2.45, 2.75) is 24.7 Å². The van der Waals surface area contributed by atoms with Crippen molar-refractivity contribution >= 4 is 21.7 Å². The minimum Gasteiger partial charge on any atom is -0.486 e. The molecule has 0 saturated carbocycles. The lowest BCUT2D eigenvalue weighted by Crippen LogP contribution is -2.19. The van der Waals surface area contributed by atoms with Gasteiger partial charge in [0, 0.05) is 12.1 Å². The quantitative estimate of drug-likeness (QED) is 0.830. The predicted molar refractivity (Wildman–Crippen MR) is 95.7 cm³/mol. The van der Waals surface area contributed by atoms with Crippen LogP contribution in [0.25, 0.3) is 0 Å². The molecule has 26 heavy (non-hydrogen) atoms. The number of carboxylic acids is 1. The Morgan fingerprint density at radius 2 is 1.65 bits per heavy atom. The van der Waals surface area contributed by atoms with E-state index in [2.05, 4.69) is 4.72 Å². The van der Waals surface area contributed by atoms with E-state index in [-0.39, 0.29) is 27.8 Å². The fourth-order valence-electron chi connectivity index (χ4n) is 2.59. The van der Waals surface area contributed by atoms with E-state index in [9.17, 15) is 18.3 Å². The number of ether oxygens (including phenoxy) is 2. The van der Waals surface area contributed by atoms with E-state index >= 15 is 0 Å². The van der Waals surface area contributed by atoms with Crippen LogP contribution in [0.1, 0.15) is 35.7 Å². The zero-order valence-corrected chi connectivity index (χ0v) is 15.2. The molecule has 2 N–H and O–H groups in total. The molecule has 0 atom stereocenters. The summed E-state index contributed by atoms with van der Waals surface area (Å²) >= 11 is 0. The van der Waals surface area contributed by atoms with E-state index in [4.69, 9.17) is 9.47 Å². The average molecular weight is 377 g/mol. The van der Waals surface area contributed by atoms with Crippen LogP contribution in [-0.4, -0.2) is 32.7 Å². The highest BCUT2D eigenvalue weighted by molar-refractivity contribution is 7.92. The number of hydrogen-bond donors (Lipinski definition) is 2. The number of anilines is 1. The highest BCUT2D eigenvalue weighted by atomic mass is 32.2. The molecule has 0 bridgehead atoms. The van der Waals surface area contributed by atoms with Crippen LogP contribution in [0, 0.1) is 0 Å². The average Bonchev–Trinajstić information content (AvgIpc) is 2.60. The number of sulfonamides is 1. The normalized spacial score (nSPS) is 13.5. The summed E-state index contributed by atoms with van der Waals surface area (Å²) in [6.45, 7) is 4.63. The van der Waals surface area contributed by atoms with Gasteiger partial charge in [0.1, 0.15) is 13.2 Å². The van der Waals surface area contributed by atoms with Crippen molar-refractivity contribution in [2.75, 3.05) is 17.9 Å². The van der Waals surface area contributed by atoms with Gasteiger partial charge in [-0.2, -0.15) is 0 Å². The molecule has 3 rings (SSSR count). The minimum atomic E-state index is -3.95. The van der Waals surface area contributed by atoms with Gasteiger partial charge in [0.05, 0.1) is 16.1 Å². The maximum atomic E-state index is 12.6. The van der Waals surface area contributed by atoms with E-state index in [1.54, 1.807) is 12.1 Å². The molecule has 0 aliphatic carbocycles. The van der Waals surface area contributed by atoms with Crippen molar-refractivity contribution in [1.82, 2.24) is 0 Å². The smallest absolute Gasteiger partial charge is 0.337 e. The summed E-state index contributed by atoms with van der Waals surface area (Å²) in [4.78, 5) is 11.6. The van der Waals surface area contributed by atoms with E-state index in [1.165, 1.54) is 24.3 Å². The second kappa shape index (κ2) is 6.87. The number of benzene rings is 2. The summed E-state index contributed by atoms with van der Waals surface area (Å²) in [5, 5.41) is 9.40. The highest BCUT2D eigenvalue weighted by Crippen LogP contribution is 2.36. The first kappa shape index (κ1) is 18.1. The maximum absolute atomic E-state index is 12.6. The van der Waals surface area contributed by atoms with Crippen LogP contribution < -0.4 is 14.2 Å². The molecule has 2 aromatic carbocycles. The third kappa shape index (κ3) is 3.60. The third-order valence-electron chi connectivity index (χ3n) is 4.01. The van der Waals surface area contributed by atoms with Crippen molar-refractivity contribution in [2.24, 2.45) is 0 Å².